The smallest absolute Gasteiger partial charge is 0.290 e. The molecule has 1 saturated heterocycles. The van der Waals surface area contributed by atoms with Crippen molar-refractivity contribution in [3.8, 4) is 0 Å². The van der Waals surface area contributed by atoms with E-state index >= 15 is 0 Å². The first-order valence-electron chi connectivity index (χ1n) is 6.50. The summed E-state index contributed by atoms with van der Waals surface area (Å²) in [4.78, 5) is 26.4. The highest BCUT2D eigenvalue weighted by Gasteiger charge is 2.34. The number of hydrogen-bond donors (Lipinski definition) is 1. The lowest BCUT2D eigenvalue weighted by Crippen LogP contribution is -2.52. The van der Waals surface area contributed by atoms with Gasteiger partial charge < -0.3 is 14.6 Å². The molecule has 8 heteroatoms. The summed E-state index contributed by atoms with van der Waals surface area (Å²) >= 11 is 0. The van der Waals surface area contributed by atoms with Crippen LogP contribution in [0.15, 0.2) is 37.2 Å². The summed E-state index contributed by atoms with van der Waals surface area (Å²) in [5.74, 6) is 0.136. The number of hydrogen-bond acceptors (Lipinski definition) is 4. The monoisotopic (exact) mass is 291 g/mol. The molecule has 3 rings (SSSR count). The molecule has 3 heterocycles. The second kappa shape index (κ2) is 6.69. The quantitative estimate of drug-likeness (QED) is 0.827. The Morgan fingerprint density at radius 2 is 2.10 bits per heavy atom. The molecule has 1 aliphatic heterocycles. The van der Waals surface area contributed by atoms with Gasteiger partial charge in [-0.3, -0.25) is 14.3 Å². The summed E-state index contributed by atoms with van der Waals surface area (Å²) in [6, 6.07) is 2.03. The second-order valence-electron chi connectivity index (χ2n) is 4.67. The Labute approximate surface area is 121 Å². The minimum atomic E-state index is -0.250. The van der Waals surface area contributed by atoms with E-state index in [-0.39, 0.29) is 18.4 Å². The average molecular weight is 291 g/mol. The Balaban J connectivity index is 0.000000497. The summed E-state index contributed by atoms with van der Waals surface area (Å²) in [6.07, 6.45) is 8.87. The van der Waals surface area contributed by atoms with Gasteiger partial charge in [-0.15, -0.1) is 0 Å². The van der Waals surface area contributed by atoms with Gasteiger partial charge in [0.25, 0.3) is 6.47 Å². The van der Waals surface area contributed by atoms with Gasteiger partial charge in [0.05, 0.1) is 12.4 Å². The minimum absolute atomic E-state index is 0.136. The van der Waals surface area contributed by atoms with Gasteiger partial charge in [0.2, 0.25) is 5.91 Å². The molecule has 1 fully saturated rings. The number of nitrogens with zero attached hydrogens (tertiary/aromatic N) is 5. The van der Waals surface area contributed by atoms with Crippen molar-refractivity contribution in [2.75, 3.05) is 13.1 Å². The molecule has 1 N–H and O–H groups in total. The maximum absolute atomic E-state index is 12.2. The predicted molar refractivity (Wildman–Crippen MR) is 73.5 cm³/mol. The first-order chi connectivity index (χ1) is 10.2. The molecule has 1 amide bonds. The molecule has 0 saturated carbocycles. The molecule has 0 aliphatic carbocycles. The first kappa shape index (κ1) is 14.8. The number of carboxylic acid groups (broad SMARTS) is 1. The van der Waals surface area contributed by atoms with Crippen LogP contribution in [0.1, 0.15) is 19.0 Å². The van der Waals surface area contributed by atoms with E-state index in [1.807, 2.05) is 39.5 Å². The van der Waals surface area contributed by atoms with E-state index in [0.29, 0.717) is 6.04 Å². The Bertz CT molecular complexity index is 561. The molecule has 0 bridgehead atoms. The number of amides is 1. The third kappa shape index (κ3) is 3.28. The lowest BCUT2D eigenvalue weighted by molar-refractivity contribution is -0.140. The van der Waals surface area contributed by atoms with Crippen LogP contribution >= 0.6 is 0 Å². The van der Waals surface area contributed by atoms with Crippen LogP contribution in [0.5, 0.6) is 0 Å². The molecule has 1 atom stereocenters. The number of rotatable bonds is 3. The second-order valence-corrected chi connectivity index (χ2v) is 4.67. The topological polar surface area (TPSA) is 93.3 Å². The van der Waals surface area contributed by atoms with Gasteiger partial charge in [0.15, 0.2) is 0 Å². The molecule has 0 aromatic carbocycles. The van der Waals surface area contributed by atoms with Crippen LogP contribution in [0.3, 0.4) is 0 Å². The molecule has 1 aliphatic rings. The highest BCUT2D eigenvalue weighted by molar-refractivity contribution is 5.80. The molecule has 2 aromatic heterocycles. The zero-order valence-corrected chi connectivity index (χ0v) is 11.6. The number of imidazole rings is 1. The lowest BCUT2D eigenvalue weighted by Gasteiger charge is -2.40. The Kier molecular flexibility index (Phi) is 4.70. The van der Waals surface area contributed by atoms with E-state index < -0.39 is 0 Å². The number of likely N-dealkylation sites (tertiary alicyclic amines) is 1. The van der Waals surface area contributed by atoms with Crippen molar-refractivity contribution in [1.82, 2.24) is 24.2 Å². The molecule has 21 heavy (non-hydrogen) atoms. The van der Waals surface area contributed by atoms with Crippen LogP contribution in [-0.4, -0.2) is 54.8 Å². The fourth-order valence-electron chi connectivity index (χ4n) is 2.19. The number of carbonyl (C=O) groups is 2. The predicted octanol–water partition coefficient (Wildman–Crippen LogP) is 0.425. The third-order valence-corrected chi connectivity index (χ3v) is 3.40. The SMILES string of the molecule is CC(C(=O)N1CC(n2cccn2)C1)n1ccnc1.O=CO. The van der Waals surface area contributed by atoms with Crippen LogP contribution in [-0.2, 0) is 9.59 Å². The van der Waals surface area contributed by atoms with Crippen LogP contribution in [0.2, 0.25) is 0 Å². The summed E-state index contributed by atoms with van der Waals surface area (Å²) in [6.45, 7) is 3.12. The average Bonchev–Trinajstić information content (AvgIpc) is 3.10. The highest BCUT2D eigenvalue weighted by atomic mass is 16.3. The lowest BCUT2D eigenvalue weighted by atomic mass is 10.1. The van der Waals surface area contributed by atoms with Crippen molar-refractivity contribution in [3.63, 3.8) is 0 Å². The van der Waals surface area contributed by atoms with Crippen molar-refractivity contribution < 1.29 is 14.7 Å². The molecular formula is C13H17N5O3. The van der Waals surface area contributed by atoms with E-state index in [4.69, 9.17) is 9.90 Å². The highest BCUT2D eigenvalue weighted by Crippen LogP contribution is 2.23. The van der Waals surface area contributed by atoms with Crippen molar-refractivity contribution in [2.45, 2.75) is 19.0 Å². The van der Waals surface area contributed by atoms with Gasteiger partial charge in [0.1, 0.15) is 6.04 Å². The largest absolute Gasteiger partial charge is 0.483 e. The van der Waals surface area contributed by atoms with Gasteiger partial charge in [-0.2, -0.15) is 5.10 Å². The van der Waals surface area contributed by atoms with E-state index in [1.54, 1.807) is 18.7 Å². The Morgan fingerprint density at radius 1 is 1.38 bits per heavy atom. The summed E-state index contributed by atoms with van der Waals surface area (Å²) in [5.41, 5.74) is 0. The van der Waals surface area contributed by atoms with Crippen molar-refractivity contribution in [1.29, 1.82) is 0 Å². The fraction of sp³-hybridized carbons (Fsp3) is 0.385. The fourth-order valence-corrected chi connectivity index (χ4v) is 2.19. The molecule has 8 nitrogen and oxygen atoms in total. The summed E-state index contributed by atoms with van der Waals surface area (Å²) < 4.78 is 3.73. The maximum atomic E-state index is 12.2. The molecular weight excluding hydrogens is 274 g/mol. The van der Waals surface area contributed by atoms with Crippen LogP contribution in [0.4, 0.5) is 0 Å². The molecule has 2 aromatic rings. The zero-order chi connectivity index (χ0) is 15.2. The van der Waals surface area contributed by atoms with Crippen LogP contribution < -0.4 is 0 Å². The third-order valence-electron chi connectivity index (χ3n) is 3.40. The van der Waals surface area contributed by atoms with Gasteiger partial charge in [0, 0.05) is 37.9 Å². The molecule has 0 spiro atoms. The number of aromatic nitrogens is 4. The van der Waals surface area contributed by atoms with Gasteiger partial charge in [-0.05, 0) is 13.0 Å². The Morgan fingerprint density at radius 3 is 2.62 bits per heavy atom. The van der Waals surface area contributed by atoms with Gasteiger partial charge in [-0.1, -0.05) is 0 Å². The minimum Gasteiger partial charge on any atom is -0.483 e. The van der Waals surface area contributed by atoms with Gasteiger partial charge in [-0.25, -0.2) is 4.98 Å². The Hall–Kier alpha value is -2.64. The van der Waals surface area contributed by atoms with Gasteiger partial charge >= 0.3 is 0 Å². The number of carbonyl (C=O) groups excluding carboxylic acids is 1. The standard InChI is InChI=1S/C12H15N5O.CH2O2/c1-10(15-6-4-13-9-15)12(18)16-7-11(8-16)17-5-2-3-14-17;2-1-3/h2-6,9-11H,7-8H2,1H3;1H,(H,2,3). The van der Waals surface area contributed by atoms with E-state index in [2.05, 4.69) is 10.1 Å². The first-order valence-corrected chi connectivity index (χ1v) is 6.50. The summed E-state index contributed by atoms with van der Waals surface area (Å²) in [5, 5.41) is 11.1. The van der Waals surface area contributed by atoms with Crippen molar-refractivity contribution >= 4 is 12.4 Å². The molecule has 0 radical (unpaired) electrons. The van der Waals surface area contributed by atoms with Crippen molar-refractivity contribution in [2.24, 2.45) is 0 Å². The van der Waals surface area contributed by atoms with E-state index in [1.165, 1.54) is 0 Å². The van der Waals surface area contributed by atoms with Crippen molar-refractivity contribution in [3.05, 3.63) is 37.2 Å². The molecule has 1 unspecified atom stereocenters. The zero-order valence-electron chi connectivity index (χ0n) is 11.6. The van der Waals surface area contributed by atoms with E-state index in [0.717, 1.165) is 13.1 Å². The van der Waals surface area contributed by atoms with E-state index in [9.17, 15) is 4.79 Å². The summed E-state index contributed by atoms with van der Waals surface area (Å²) in [7, 11) is 0. The van der Waals surface area contributed by atoms with Crippen LogP contribution in [0.25, 0.3) is 0 Å². The normalized spacial score (nSPS) is 15.6. The molecule has 112 valence electrons. The maximum Gasteiger partial charge on any atom is 0.290 e. The van der Waals surface area contributed by atoms with Crippen LogP contribution in [0, 0.1) is 0 Å².